The van der Waals surface area contributed by atoms with Crippen LogP contribution in [0.25, 0.3) is 17.1 Å². The third-order valence-electron chi connectivity index (χ3n) is 5.21. The summed E-state index contributed by atoms with van der Waals surface area (Å²) in [5.41, 5.74) is 2.81. The maximum Gasteiger partial charge on any atom is 0.326 e. The molecule has 0 bridgehead atoms. The summed E-state index contributed by atoms with van der Waals surface area (Å²) in [6.45, 7) is 4.32. The molecule has 1 aliphatic rings. The molecule has 3 aromatic rings. The molecule has 3 heterocycles. The smallest absolute Gasteiger partial charge is 0.326 e. The van der Waals surface area contributed by atoms with Gasteiger partial charge in [0.1, 0.15) is 11.4 Å². The number of H-pyrrole nitrogens is 1. The van der Waals surface area contributed by atoms with Crippen LogP contribution < -0.4 is 4.74 Å². The largest absolute Gasteiger partial charge is 0.493 e. The Balaban J connectivity index is 1.67. The minimum atomic E-state index is -1.26. The number of nitrogens with one attached hydrogen (secondary N) is 1. The zero-order chi connectivity index (χ0) is 24.1. The Morgan fingerprint density at radius 2 is 2.21 bits per heavy atom. The van der Waals surface area contributed by atoms with Crippen molar-refractivity contribution in [1.82, 2.24) is 9.97 Å². The molecule has 1 saturated heterocycles. The lowest BCUT2D eigenvalue weighted by Gasteiger charge is -2.09. The number of nitrogens with zero attached hydrogens (tertiary/aromatic N) is 2. The summed E-state index contributed by atoms with van der Waals surface area (Å²) >= 11 is 1.71. The number of Topliss-reactive ketones (excluding diaryl/α,β-unsaturated/α-hetero) is 1. The van der Waals surface area contributed by atoms with E-state index in [4.69, 9.17) is 14.2 Å². The number of ether oxygens (including phenoxy) is 3. The number of allylic oxidation sites excluding steroid dienone is 1. The molecule has 1 aliphatic heterocycles. The van der Waals surface area contributed by atoms with E-state index in [1.54, 1.807) is 55.4 Å². The van der Waals surface area contributed by atoms with Crippen LogP contribution in [0.4, 0.5) is 5.69 Å². The Morgan fingerprint density at radius 1 is 1.35 bits per heavy atom. The molecule has 34 heavy (non-hydrogen) atoms. The first-order valence-electron chi connectivity index (χ1n) is 10.8. The van der Waals surface area contributed by atoms with Crippen LogP contribution in [-0.2, 0) is 19.1 Å². The molecule has 1 aromatic carbocycles. The number of aromatic nitrogens is 2. The van der Waals surface area contributed by atoms with Gasteiger partial charge in [0.15, 0.2) is 11.7 Å². The van der Waals surface area contributed by atoms with E-state index in [0.29, 0.717) is 17.9 Å². The highest BCUT2D eigenvalue weighted by atomic mass is 32.2. The molecule has 176 valence electrons. The lowest BCUT2D eigenvalue weighted by Crippen LogP contribution is -2.27. The molecular weight excluding hydrogens is 454 g/mol. The Bertz CT molecular complexity index is 1280. The summed E-state index contributed by atoms with van der Waals surface area (Å²) in [6.07, 6.45) is 7.02. The summed E-state index contributed by atoms with van der Waals surface area (Å²) in [5, 5.41) is 0.831. The van der Waals surface area contributed by atoms with Gasteiger partial charge in [0.25, 0.3) is 0 Å². The van der Waals surface area contributed by atoms with Gasteiger partial charge in [0.2, 0.25) is 11.7 Å². The van der Waals surface area contributed by atoms with Gasteiger partial charge in [-0.3, -0.25) is 9.59 Å². The van der Waals surface area contributed by atoms with Crippen molar-refractivity contribution in [2.45, 2.75) is 13.8 Å². The van der Waals surface area contributed by atoms with Crippen LogP contribution >= 0.6 is 11.8 Å². The van der Waals surface area contributed by atoms with Crippen LogP contribution in [0.5, 0.6) is 5.75 Å². The Hall–Kier alpha value is -3.59. The number of hydrogen-bond donors (Lipinski definition) is 1. The first-order valence-corrected chi connectivity index (χ1v) is 12.2. The molecule has 8 nitrogen and oxygen atoms in total. The minimum absolute atomic E-state index is 0.00758. The van der Waals surface area contributed by atoms with Crippen LogP contribution in [0.3, 0.4) is 0 Å². The van der Waals surface area contributed by atoms with Gasteiger partial charge in [-0.25, -0.2) is 9.98 Å². The molecule has 1 fully saturated rings. The van der Waals surface area contributed by atoms with Gasteiger partial charge in [-0.05, 0) is 62.1 Å². The van der Waals surface area contributed by atoms with Crippen molar-refractivity contribution in [2.24, 2.45) is 10.9 Å². The maximum atomic E-state index is 13.1. The van der Waals surface area contributed by atoms with E-state index < -0.39 is 17.7 Å². The van der Waals surface area contributed by atoms with E-state index in [2.05, 4.69) is 15.0 Å². The number of rotatable bonds is 8. The average Bonchev–Trinajstić information content (AvgIpc) is 3.37. The van der Waals surface area contributed by atoms with Gasteiger partial charge in [-0.1, -0.05) is 0 Å². The van der Waals surface area contributed by atoms with Gasteiger partial charge in [0.05, 0.1) is 18.9 Å². The topological polar surface area (TPSA) is 103 Å². The van der Waals surface area contributed by atoms with Gasteiger partial charge in [-0.2, -0.15) is 11.8 Å². The number of esters is 1. The summed E-state index contributed by atoms with van der Waals surface area (Å²) in [7, 11) is 0. The summed E-state index contributed by atoms with van der Waals surface area (Å²) in [6, 6.07) is 9.14. The summed E-state index contributed by atoms with van der Waals surface area (Å²) in [4.78, 5) is 37.6. The van der Waals surface area contributed by atoms with Crippen molar-refractivity contribution in [3.8, 4) is 5.75 Å². The van der Waals surface area contributed by atoms with Crippen molar-refractivity contribution in [2.75, 3.05) is 25.2 Å². The van der Waals surface area contributed by atoms with E-state index in [9.17, 15) is 9.59 Å². The minimum Gasteiger partial charge on any atom is -0.493 e. The third-order valence-corrected chi connectivity index (χ3v) is 5.79. The standard InChI is InChI=1S/C25H25N3O5S/c1-4-31-25(30)21-22(29)20(13-16-14-27-23-18(16)6-5-9-26-23)33-24(21)28-19-8-7-17(12-15(19)2)32-10-11-34-3/h5-9,12-14,21H,4,10-11H2,1-3H3,(H,26,27)/b20-13-,28-24?. The number of carbonyl (C=O) groups excluding carboxylic acids is 2. The number of aryl methyl sites for hydroxylation is 1. The molecule has 9 heteroatoms. The predicted molar refractivity (Wildman–Crippen MR) is 132 cm³/mol. The van der Waals surface area contributed by atoms with Crippen LogP contribution in [0.15, 0.2) is 53.5 Å². The van der Waals surface area contributed by atoms with E-state index in [1.807, 2.05) is 25.3 Å². The van der Waals surface area contributed by atoms with E-state index in [0.717, 1.165) is 28.0 Å². The van der Waals surface area contributed by atoms with Crippen LogP contribution in [0.1, 0.15) is 18.1 Å². The quantitative estimate of drug-likeness (QED) is 0.220. The Morgan fingerprint density at radius 3 is 2.97 bits per heavy atom. The number of pyridine rings is 1. The predicted octanol–water partition coefficient (Wildman–Crippen LogP) is 4.46. The number of benzene rings is 1. The van der Waals surface area contributed by atoms with Gasteiger partial charge in [0, 0.05) is 29.1 Å². The normalized spacial score (nSPS) is 18.0. The van der Waals surface area contributed by atoms with Crippen LogP contribution in [-0.4, -0.2) is 52.8 Å². The second-order valence-corrected chi connectivity index (χ2v) is 8.53. The lowest BCUT2D eigenvalue weighted by molar-refractivity contribution is -0.147. The molecule has 1 unspecified atom stereocenters. The van der Waals surface area contributed by atoms with Crippen molar-refractivity contribution < 1.29 is 23.8 Å². The van der Waals surface area contributed by atoms with Crippen LogP contribution in [0, 0.1) is 12.8 Å². The van der Waals surface area contributed by atoms with Crippen molar-refractivity contribution in [3.05, 3.63) is 59.6 Å². The fraction of sp³-hybridized carbons (Fsp3) is 0.280. The number of aromatic amines is 1. The fourth-order valence-electron chi connectivity index (χ4n) is 3.54. The number of ketones is 1. The number of thioether (sulfide) groups is 1. The highest BCUT2D eigenvalue weighted by Crippen LogP contribution is 2.31. The second kappa shape index (κ2) is 10.6. The molecule has 4 rings (SSSR count). The third kappa shape index (κ3) is 4.99. The molecule has 0 radical (unpaired) electrons. The first-order chi connectivity index (χ1) is 16.5. The fourth-order valence-corrected chi connectivity index (χ4v) is 3.79. The molecule has 1 atom stereocenters. The van der Waals surface area contributed by atoms with E-state index in [1.165, 1.54) is 0 Å². The zero-order valence-corrected chi connectivity index (χ0v) is 20.0. The SMILES string of the molecule is CCOC(=O)C1C(=O)/C(=C/c2c[nH]c3ncccc23)OC1=Nc1ccc(OCCSC)cc1C. The van der Waals surface area contributed by atoms with Gasteiger partial charge < -0.3 is 19.2 Å². The van der Waals surface area contributed by atoms with Gasteiger partial charge >= 0.3 is 5.97 Å². The van der Waals surface area contributed by atoms with Crippen LogP contribution in [0.2, 0.25) is 0 Å². The number of carbonyl (C=O) groups is 2. The second-order valence-electron chi connectivity index (χ2n) is 7.54. The number of fused-ring (bicyclic) bond motifs is 1. The average molecular weight is 480 g/mol. The van der Waals surface area contributed by atoms with Crippen molar-refractivity contribution in [1.29, 1.82) is 0 Å². The maximum absolute atomic E-state index is 13.1. The molecule has 0 amide bonds. The monoisotopic (exact) mass is 479 g/mol. The number of aliphatic imine (C=N–C) groups is 1. The summed E-state index contributed by atoms with van der Waals surface area (Å²) in [5.74, 6) is -0.805. The molecular formula is C25H25N3O5S. The Labute approximate surface area is 201 Å². The molecule has 2 aromatic heterocycles. The van der Waals surface area contributed by atoms with Crippen molar-refractivity contribution >= 4 is 52.2 Å². The highest BCUT2D eigenvalue weighted by molar-refractivity contribution is 7.98. The Kier molecular flexibility index (Phi) is 7.32. The van der Waals surface area contributed by atoms with E-state index in [-0.39, 0.29) is 18.3 Å². The van der Waals surface area contributed by atoms with E-state index >= 15 is 0 Å². The molecule has 0 saturated carbocycles. The molecule has 0 spiro atoms. The lowest BCUT2D eigenvalue weighted by atomic mass is 10.0. The first kappa shape index (κ1) is 23.6. The number of hydrogen-bond acceptors (Lipinski definition) is 8. The molecule has 0 aliphatic carbocycles. The van der Waals surface area contributed by atoms with Gasteiger partial charge in [-0.15, -0.1) is 0 Å². The molecule has 1 N–H and O–H groups in total. The summed E-state index contributed by atoms with van der Waals surface area (Å²) < 4.78 is 16.7. The highest BCUT2D eigenvalue weighted by Gasteiger charge is 2.44. The van der Waals surface area contributed by atoms with Crippen molar-refractivity contribution in [3.63, 3.8) is 0 Å². The zero-order valence-electron chi connectivity index (χ0n) is 19.2.